The summed E-state index contributed by atoms with van der Waals surface area (Å²) in [5.74, 6) is 1.41. The van der Waals surface area contributed by atoms with Gasteiger partial charge in [0.25, 0.3) is 0 Å². The summed E-state index contributed by atoms with van der Waals surface area (Å²) in [6, 6.07) is 0.414. The molecule has 19 heavy (non-hydrogen) atoms. The molecule has 0 radical (unpaired) electrons. The predicted octanol–water partition coefficient (Wildman–Crippen LogP) is 2.07. The van der Waals surface area contributed by atoms with E-state index in [2.05, 4.69) is 12.2 Å². The van der Waals surface area contributed by atoms with Crippen LogP contribution in [0.15, 0.2) is 0 Å². The number of aliphatic hydroxyl groups excluding tert-OH is 1. The van der Waals surface area contributed by atoms with Crippen molar-refractivity contribution in [1.29, 1.82) is 0 Å². The van der Waals surface area contributed by atoms with Crippen molar-refractivity contribution >= 4 is 17.8 Å². The monoisotopic (exact) mass is 286 g/mol. The van der Waals surface area contributed by atoms with Gasteiger partial charge in [-0.1, -0.05) is 6.92 Å². The molecule has 0 aromatic carbocycles. The van der Waals surface area contributed by atoms with Crippen LogP contribution in [0.25, 0.3) is 0 Å². The van der Waals surface area contributed by atoms with Crippen molar-refractivity contribution in [1.82, 2.24) is 10.2 Å². The Morgan fingerprint density at radius 2 is 2.26 bits per heavy atom. The maximum absolute atomic E-state index is 12.2. The highest BCUT2D eigenvalue weighted by Crippen LogP contribution is 2.30. The van der Waals surface area contributed by atoms with E-state index in [0.717, 1.165) is 36.8 Å². The molecule has 5 heteroatoms. The van der Waals surface area contributed by atoms with Gasteiger partial charge in [-0.25, -0.2) is 4.79 Å². The van der Waals surface area contributed by atoms with Crippen molar-refractivity contribution in [2.24, 2.45) is 5.92 Å². The van der Waals surface area contributed by atoms with Gasteiger partial charge in [0.05, 0.1) is 6.10 Å². The van der Waals surface area contributed by atoms with E-state index in [0.29, 0.717) is 12.6 Å². The van der Waals surface area contributed by atoms with Crippen molar-refractivity contribution in [3.05, 3.63) is 0 Å². The number of nitrogens with one attached hydrogen (secondary N) is 1. The van der Waals surface area contributed by atoms with E-state index >= 15 is 0 Å². The largest absolute Gasteiger partial charge is 0.393 e. The van der Waals surface area contributed by atoms with Crippen molar-refractivity contribution in [3.8, 4) is 0 Å². The van der Waals surface area contributed by atoms with Crippen LogP contribution in [0.5, 0.6) is 0 Å². The third kappa shape index (κ3) is 4.02. The molecule has 0 unspecified atom stereocenters. The van der Waals surface area contributed by atoms with Crippen molar-refractivity contribution in [2.45, 2.75) is 56.9 Å². The molecule has 110 valence electrons. The number of amides is 2. The van der Waals surface area contributed by atoms with Crippen LogP contribution in [-0.4, -0.2) is 52.3 Å². The van der Waals surface area contributed by atoms with Gasteiger partial charge in [-0.15, -0.1) is 0 Å². The van der Waals surface area contributed by atoms with Gasteiger partial charge in [-0.05, 0) is 38.4 Å². The van der Waals surface area contributed by atoms with Gasteiger partial charge in [0.1, 0.15) is 0 Å². The quantitative estimate of drug-likeness (QED) is 0.832. The molecule has 0 aromatic heterocycles. The van der Waals surface area contributed by atoms with E-state index in [1.54, 1.807) is 0 Å². The first-order chi connectivity index (χ1) is 9.10. The van der Waals surface area contributed by atoms with E-state index < -0.39 is 0 Å². The molecule has 2 fully saturated rings. The van der Waals surface area contributed by atoms with Gasteiger partial charge in [0, 0.05) is 30.3 Å². The lowest BCUT2D eigenvalue weighted by atomic mass is 10.0. The van der Waals surface area contributed by atoms with Gasteiger partial charge in [0.2, 0.25) is 0 Å². The molecule has 4 nitrogen and oxygen atoms in total. The maximum Gasteiger partial charge on any atom is 0.317 e. The average Bonchev–Trinajstić information content (AvgIpc) is 2.98. The molecule has 2 N–H and O–H groups in total. The minimum atomic E-state index is -0.311. The Labute approximate surface area is 120 Å². The Hall–Kier alpha value is -0.420. The average molecular weight is 286 g/mol. The fourth-order valence-corrected chi connectivity index (χ4v) is 4.23. The SMILES string of the molecule is CCS[C@@H]1CC[C@H](NC(=O)N2CC[C@H]([C@H](C)O)C2)C1. The molecule has 4 atom stereocenters. The number of hydrogen-bond donors (Lipinski definition) is 2. The van der Waals surface area contributed by atoms with Crippen molar-refractivity contribution in [2.75, 3.05) is 18.8 Å². The zero-order valence-corrected chi connectivity index (χ0v) is 12.8. The Kier molecular flexibility index (Phi) is 5.39. The highest BCUT2D eigenvalue weighted by molar-refractivity contribution is 7.99. The van der Waals surface area contributed by atoms with Crippen LogP contribution in [-0.2, 0) is 0 Å². The number of thioether (sulfide) groups is 1. The zero-order valence-electron chi connectivity index (χ0n) is 12.0. The zero-order chi connectivity index (χ0) is 13.8. The minimum Gasteiger partial charge on any atom is -0.393 e. The van der Waals surface area contributed by atoms with E-state index in [4.69, 9.17) is 0 Å². The third-order valence-corrected chi connectivity index (χ3v) is 5.54. The second-order valence-corrected chi connectivity index (χ2v) is 7.35. The molecule has 1 aliphatic carbocycles. The van der Waals surface area contributed by atoms with Gasteiger partial charge in [-0.3, -0.25) is 0 Å². The van der Waals surface area contributed by atoms with Crippen LogP contribution in [0, 0.1) is 5.92 Å². The normalized spacial score (nSPS) is 32.6. The predicted molar refractivity (Wildman–Crippen MR) is 79.5 cm³/mol. The van der Waals surface area contributed by atoms with E-state index in [1.165, 1.54) is 6.42 Å². The molecule has 0 spiro atoms. The Morgan fingerprint density at radius 3 is 2.89 bits per heavy atom. The van der Waals surface area contributed by atoms with Crippen LogP contribution in [0.3, 0.4) is 0 Å². The highest BCUT2D eigenvalue weighted by Gasteiger charge is 2.31. The summed E-state index contributed by atoms with van der Waals surface area (Å²) in [6.45, 7) is 5.48. The van der Waals surface area contributed by atoms with Crippen LogP contribution in [0.2, 0.25) is 0 Å². The molecule has 1 heterocycles. The van der Waals surface area contributed by atoms with Gasteiger partial charge in [-0.2, -0.15) is 11.8 Å². The summed E-state index contributed by atoms with van der Waals surface area (Å²) in [6.07, 6.45) is 4.05. The molecule has 1 aliphatic heterocycles. The Morgan fingerprint density at radius 1 is 1.47 bits per heavy atom. The number of aliphatic hydroxyl groups is 1. The van der Waals surface area contributed by atoms with E-state index in [9.17, 15) is 9.90 Å². The number of carbonyl (C=O) groups excluding carboxylic acids is 1. The topological polar surface area (TPSA) is 52.6 Å². The Balaban J connectivity index is 1.73. The van der Waals surface area contributed by atoms with Gasteiger partial charge < -0.3 is 15.3 Å². The molecule has 1 saturated heterocycles. The summed E-state index contributed by atoms with van der Waals surface area (Å²) >= 11 is 2.01. The fourth-order valence-electron chi connectivity index (χ4n) is 3.09. The number of rotatable bonds is 4. The first kappa shape index (κ1) is 15.0. The second kappa shape index (κ2) is 6.84. The molecule has 1 saturated carbocycles. The molecule has 2 amide bonds. The smallest absolute Gasteiger partial charge is 0.317 e. The van der Waals surface area contributed by atoms with Gasteiger partial charge in [0.15, 0.2) is 0 Å². The summed E-state index contributed by atoms with van der Waals surface area (Å²) in [4.78, 5) is 14.0. The fraction of sp³-hybridized carbons (Fsp3) is 0.929. The summed E-state index contributed by atoms with van der Waals surface area (Å²) in [7, 11) is 0. The van der Waals surface area contributed by atoms with Crippen LogP contribution < -0.4 is 5.32 Å². The van der Waals surface area contributed by atoms with Gasteiger partial charge >= 0.3 is 6.03 Å². The molecular weight excluding hydrogens is 260 g/mol. The number of hydrogen-bond acceptors (Lipinski definition) is 3. The van der Waals surface area contributed by atoms with Crippen LogP contribution in [0.1, 0.15) is 39.5 Å². The number of carbonyl (C=O) groups is 1. The highest BCUT2D eigenvalue weighted by atomic mass is 32.2. The minimum absolute atomic E-state index is 0.0651. The lowest BCUT2D eigenvalue weighted by Crippen LogP contribution is -2.43. The summed E-state index contributed by atoms with van der Waals surface area (Å²) < 4.78 is 0. The van der Waals surface area contributed by atoms with E-state index in [-0.39, 0.29) is 18.1 Å². The number of urea groups is 1. The lowest BCUT2D eigenvalue weighted by molar-refractivity contribution is 0.129. The molecular formula is C14H26N2O2S. The van der Waals surface area contributed by atoms with Crippen molar-refractivity contribution in [3.63, 3.8) is 0 Å². The van der Waals surface area contributed by atoms with Crippen LogP contribution >= 0.6 is 11.8 Å². The maximum atomic E-state index is 12.2. The third-order valence-electron chi connectivity index (χ3n) is 4.31. The van der Waals surface area contributed by atoms with Crippen molar-refractivity contribution < 1.29 is 9.90 Å². The summed E-state index contributed by atoms with van der Waals surface area (Å²) in [5, 5.41) is 13.5. The van der Waals surface area contributed by atoms with Crippen LogP contribution in [0.4, 0.5) is 4.79 Å². The van der Waals surface area contributed by atoms with E-state index in [1.807, 2.05) is 23.6 Å². The lowest BCUT2D eigenvalue weighted by Gasteiger charge is -2.21. The molecule has 2 rings (SSSR count). The molecule has 2 aliphatic rings. The first-order valence-corrected chi connectivity index (χ1v) is 8.50. The number of nitrogens with zero attached hydrogens (tertiary/aromatic N) is 1. The second-order valence-electron chi connectivity index (χ2n) is 5.77. The molecule has 0 bridgehead atoms. The first-order valence-electron chi connectivity index (χ1n) is 7.45. The molecule has 0 aromatic rings. The summed E-state index contributed by atoms with van der Waals surface area (Å²) in [5.41, 5.74) is 0. The standard InChI is InChI=1S/C14H26N2O2S/c1-3-19-13-5-4-12(8-13)15-14(18)16-7-6-11(9-16)10(2)17/h10-13,17H,3-9H2,1-2H3,(H,15,18)/t10-,11-,12-,13+/m0/s1. The Bertz CT molecular complexity index is 312. The number of likely N-dealkylation sites (tertiary alicyclic amines) is 1.